The third kappa shape index (κ3) is 4.84. The summed E-state index contributed by atoms with van der Waals surface area (Å²) in [6.45, 7) is 10.6. The van der Waals surface area contributed by atoms with Crippen molar-refractivity contribution in [2.24, 2.45) is 4.99 Å². The van der Waals surface area contributed by atoms with E-state index in [1.165, 1.54) is 11.3 Å². The zero-order chi connectivity index (χ0) is 17.5. The first-order valence-corrected chi connectivity index (χ1v) is 8.38. The Bertz CT molecular complexity index is 666. The molecule has 132 valence electrons. The highest BCUT2D eigenvalue weighted by atomic mass is 16.5. The number of rotatable bonds is 7. The van der Waals surface area contributed by atoms with Crippen LogP contribution in [0.5, 0.6) is 0 Å². The van der Waals surface area contributed by atoms with Gasteiger partial charge in [-0.15, -0.1) is 0 Å². The Hall–Kier alpha value is -2.31. The lowest BCUT2D eigenvalue weighted by molar-refractivity contribution is 0.392. The first kappa shape index (κ1) is 18.0. The molecule has 2 N–H and O–H groups in total. The van der Waals surface area contributed by atoms with Gasteiger partial charge < -0.3 is 15.2 Å². The molecule has 0 unspecified atom stereocenters. The van der Waals surface area contributed by atoms with Gasteiger partial charge in [-0.1, -0.05) is 5.16 Å². The van der Waals surface area contributed by atoms with E-state index in [9.17, 15) is 0 Å². The molecule has 24 heavy (non-hydrogen) atoms. The number of aliphatic imine (C=N–C) groups is 1. The van der Waals surface area contributed by atoms with E-state index in [1.54, 1.807) is 7.05 Å². The Balaban J connectivity index is 1.68. The third-order valence-corrected chi connectivity index (χ3v) is 4.01. The van der Waals surface area contributed by atoms with Gasteiger partial charge in [0.2, 0.25) is 0 Å². The van der Waals surface area contributed by atoms with Crippen LogP contribution in [0.25, 0.3) is 0 Å². The number of hydrogen-bond donors (Lipinski definition) is 2. The second kappa shape index (κ2) is 8.52. The van der Waals surface area contributed by atoms with Crippen LogP contribution < -0.4 is 10.6 Å². The highest BCUT2D eigenvalue weighted by Gasteiger charge is 2.08. The maximum absolute atomic E-state index is 5.18. The van der Waals surface area contributed by atoms with Gasteiger partial charge >= 0.3 is 0 Å². The molecule has 0 aliphatic rings. The fourth-order valence-corrected chi connectivity index (χ4v) is 2.72. The smallest absolute Gasteiger partial charge is 0.190 e. The van der Waals surface area contributed by atoms with Gasteiger partial charge in [-0.05, 0) is 46.6 Å². The first-order valence-electron chi connectivity index (χ1n) is 8.38. The van der Waals surface area contributed by atoms with E-state index in [1.807, 2.05) is 25.5 Å². The van der Waals surface area contributed by atoms with E-state index in [0.717, 1.165) is 55.6 Å². The van der Waals surface area contributed by atoms with E-state index in [-0.39, 0.29) is 0 Å². The van der Waals surface area contributed by atoms with Gasteiger partial charge in [-0.2, -0.15) is 5.10 Å². The molecule has 0 saturated carbocycles. The molecule has 7 nitrogen and oxygen atoms in total. The van der Waals surface area contributed by atoms with E-state index < -0.39 is 0 Å². The van der Waals surface area contributed by atoms with Gasteiger partial charge in [0.15, 0.2) is 5.96 Å². The van der Waals surface area contributed by atoms with E-state index >= 15 is 0 Å². The molecule has 2 heterocycles. The van der Waals surface area contributed by atoms with Crippen LogP contribution in [0.1, 0.15) is 34.8 Å². The molecule has 0 aliphatic heterocycles. The molecular formula is C17H28N6O. The molecule has 2 aromatic rings. The minimum absolute atomic E-state index is 0.792. The Kier molecular flexibility index (Phi) is 6.40. The van der Waals surface area contributed by atoms with E-state index in [4.69, 9.17) is 4.52 Å². The molecule has 0 amide bonds. The fraction of sp³-hybridized carbons (Fsp3) is 0.588. The van der Waals surface area contributed by atoms with Crippen molar-refractivity contribution < 1.29 is 4.52 Å². The molecule has 0 saturated heterocycles. The number of hydrogen-bond acceptors (Lipinski definition) is 4. The summed E-state index contributed by atoms with van der Waals surface area (Å²) in [5, 5.41) is 15.1. The minimum atomic E-state index is 0.792. The first-order chi connectivity index (χ1) is 11.5. The fourth-order valence-electron chi connectivity index (χ4n) is 2.72. The van der Waals surface area contributed by atoms with Crippen LogP contribution in [0.3, 0.4) is 0 Å². The Morgan fingerprint density at radius 3 is 2.54 bits per heavy atom. The molecule has 2 aromatic heterocycles. The van der Waals surface area contributed by atoms with Crippen LogP contribution in [0.2, 0.25) is 0 Å². The van der Waals surface area contributed by atoms with Crippen LogP contribution in [0.4, 0.5) is 0 Å². The lowest BCUT2D eigenvalue weighted by Crippen LogP contribution is -2.39. The third-order valence-electron chi connectivity index (χ3n) is 4.01. The molecule has 7 heteroatoms. The van der Waals surface area contributed by atoms with Gasteiger partial charge in [0.1, 0.15) is 5.76 Å². The van der Waals surface area contributed by atoms with Crippen molar-refractivity contribution in [1.29, 1.82) is 0 Å². The normalized spacial score (nSPS) is 11.8. The van der Waals surface area contributed by atoms with Gasteiger partial charge in [0, 0.05) is 37.9 Å². The van der Waals surface area contributed by atoms with Gasteiger partial charge in [-0.25, -0.2) is 0 Å². The zero-order valence-corrected chi connectivity index (χ0v) is 15.3. The maximum Gasteiger partial charge on any atom is 0.190 e. The summed E-state index contributed by atoms with van der Waals surface area (Å²) in [5.41, 5.74) is 4.40. The number of aryl methyl sites for hydroxylation is 5. The molecule has 0 aromatic carbocycles. The Morgan fingerprint density at radius 2 is 1.96 bits per heavy atom. The van der Waals surface area contributed by atoms with Gasteiger partial charge in [0.05, 0.1) is 11.4 Å². The van der Waals surface area contributed by atoms with Crippen LogP contribution in [-0.4, -0.2) is 41.0 Å². The average molecular weight is 332 g/mol. The molecule has 0 aliphatic carbocycles. The van der Waals surface area contributed by atoms with Crippen molar-refractivity contribution in [3.63, 3.8) is 0 Å². The van der Waals surface area contributed by atoms with Crippen molar-refractivity contribution in [3.05, 3.63) is 34.5 Å². The summed E-state index contributed by atoms with van der Waals surface area (Å²) in [6, 6.07) is 2.10. The molecule has 0 atom stereocenters. The number of nitrogens with one attached hydrogen (secondary N) is 2. The molecule has 0 fully saturated rings. The van der Waals surface area contributed by atoms with Crippen molar-refractivity contribution in [3.8, 4) is 0 Å². The number of guanidine groups is 1. The molecule has 2 rings (SSSR count). The Labute approximate surface area is 143 Å². The van der Waals surface area contributed by atoms with Crippen molar-refractivity contribution in [2.75, 3.05) is 20.1 Å². The van der Waals surface area contributed by atoms with Gasteiger partial charge in [0.25, 0.3) is 0 Å². The molecule has 0 radical (unpaired) electrons. The minimum Gasteiger partial charge on any atom is -0.361 e. The summed E-state index contributed by atoms with van der Waals surface area (Å²) >= 11 is 0. The van der Waals surface area contributed by atoms with Crippen LogP contribution in [0.15, 0.2) is 15.6 Å². The highest BCUT2D eigenvalue weighted by Crippen LogP contribution is 2.11. The summed E-state index contributed by atoms with van der Waals surface area (Å²) in [7, 11) is 1.78. The van der Waals surface area contributed by atoms with Crippen molar-refractivity contribution in [1.82, 2.24) is 25.6 Å². The molecular weight excluding hydrogens is 304 g/mol. The SMILES string of the molecule is CN=C(NCCCn1nc(C)cc1C)NCCc1c(C)noc1C. The predicted molar refractivity (Wildman–Crippen MR) is 95.4 cm³/mol. The lowest BCUT2D eigenvalue weighted by Gasteiger charge is -2.12. The molecule has 0 bridgehead atoms. The number of aromatic nitrogens is 3. The second-order valence-corrected chi connectivity index (χ2v) is 5.98. The number of nitrogens with zero attached hydrogens (tertiary/aromatic N) is 4. The van der Waals surface area contributed by atoms with Crippen molar-refractivity contribution >= 4 is 5.96 Å². The largest absolute Gasteiger partial charge is 0.361 e. The van der Waals surface area contributed by atoms with Crippen LogP contribution in [0, 0.1) is 27.7 Å². The summed E-state index contributed by atoms with van der Waals surface area (Å²) in [5.74, 6) is 1.71. The lowest BCUT2D eigenvalue weighted by atomic mass is 10.1. The summed E-state index contributed by atoms with van der Waals surface area (Å²) < 4.78 is 7.23. The highest BCUT2D eigenvalue weighted by molar-refractivity contribution is 5.79. The average Bonchev–Trinajstić information content (AvgIpc) is 3.04. The summed E-state index contributed by atoms with van der Waals surface area (Å²) in [6.07, 6.45) is 1.86. The Morgan fingerprint density at radius 1 is 1.21 bits per heavy atom. The maximum atomic E-state index is 5.18. The second-order valence-electron chi connectivity index (χ2n) is 5.98. The van der Waals surface area contributed by atoms with Gasteiger partial charge in [-0.3, -0.25) is 9.67 Å². The predicted octanol–water partition coefficient (Wildman–Crippen LogP) is 1.90. The van der Waals surface area contributed by atoms with Crippen LogP contribution in [-0.2, 0) is 13.0 Å². The van der Waals surface area contributed by atoms with Crippen LogP contribution >= 0.6 is 0 Å². The topological polar surface area (TPSA) is 80.3 Å². The zero-order valence-electron chi connectivity index (χ0n) is 15.3. The monoisotopic (exact) mass is 332 g/mol. The van der Waals surface area contributed by atoms with E-state index in [2.05, 4.69) is 38.9 Å². The quantitative estimate of drug-likeness (QED) is 0.460. The van der Waals surface area contributed by atoms with E-state index in [0.29, 0.717) is 0 Å². The van der Waals surface area contributed by atoms with Crippen molar-refractivity contribution in [2.45, 2.75) is 47.1 Å². The standard InChI is InChI=1S/C17H28N6O/c1-12-11-13(2)23(21-12)10-6-8-19-17(18-5)20-9-7-16-14(3)22-24-15(16)4/h11H,6-10H2,1-5H3,(H2,18,19,20). The summed E-state index contributed by atoms with van der Waals surface area (Å²) in [4.78, 5) is 4.25. The molecule has 0 spiro atoms.